The normalized spacial score (nSPS) is 15.2. The standard InChI is InChI=1S/C26H25N3O3/c1-31-26(30)25-23(12-13-24-27-14-15-29(24)25)28-17-19-7-5-6-18-16-21(10-11-22(18)19)32-20-8-3-2-4-9-20/h2-4,8-16,19,28H,5-7,17H2,1H3. The first-order valence-corrected chi connectivity index (χ1v) is 10.9. The Labute approximate surface area is 186 Å². The maximum Gasteiger partial charge on any atom is 0.357 e. The van der Waals surface area contributed by atoms with E-state index in [1.807, 2.05) is 48.5 Å². The summed E-state index contributed by atoms with van der Waals surface area (Å²) in [6, 6.07) is 20.0. The lowest BCUT2D eigenvalue weighted by Gasteiger charge is -2.27. The molecule has 1 aliphatic carbocycles. The summed E-state index contributed by atoms with van der Waals surface area (Å²) < 4.78 is 12.8. The zero-order valence-electron chi connectivity index (χ0n) is 18.0. The zero-order valence-corrected chi connectivity index (χ0v) is 18.0. The molecule has 0 bridgehead atoms. The average Bonchev–Trinajstić information content (AvgIpc) is 3.31. The van der Waals surface area contributed by atoms with Crippen LogP contribution >= 0.6 is 0 Å². The molecule has 0 radical (unpaired) electrons. The number of imidazole rings is 1. The molecule has 0 amide bonds. The second kappa shape index (κ2) is 8.75. The van der Waals surface area contributed by atoms with E-state index in [0.717, 1.165) is 43.0 Å². The number of pyridine rings is 1. The molecule has 0 spiro atoms. The minimum Gasteiger partial charge on any atom is -0.464 e. The summed E-state index contributed by atoms with van der Waals surface area (Å²) >= 11 is 0. The van der Waals surface area contributed by atoms with E-state index in [1.165, 1.54) is 18.2 Å². The number of fused-ring (bicyclic) bond motifs is 2. The number of benzene rings is 2. The number of methoxy groups -OCH3 is 1. The van der Waals surface area contributed by atoms with Crippen molar-refractivity contribution in [3.8, 4) is 11.5 Å². The number of ether oxygens (including phenoxy) is 2. The van der Waals surface area contributed by atoms with E-state index < -0.39 is 0 Å². The molecule has 0 saturated heterocycles. The van der Waals surface area contributed by atoms with Crippen LogP contribution in [-0.4, -0.2) is 29.0 Å². The van der Waals surface area contributed by atoms with Gasteiger partial charge in [0.15, 0.2) is 5.69 Å². The molecular weight excluding hydrogens is 402 g/mol. The van der Waals surface area contributed by atoms with E-state index in [-0.39, 0.29) is 5.97 Å². The average molecular weight is 428 g/mol. The van der Waals surface area contributed by atoms with Gasteiger partial charge in [-0.05, 0) is 66.8 Å². The first-order chi connectivity index (χ1) is 15.7. The number of aromatic nitrogens is 2. The van der Waals surface area contributed by atoms with Crippen LogP contribution < -0.4 is 10.1 Å². The number of aryl methyl sites for hydroxylation is 1. The maximum atomic E-state index is 12.5. The molecule has 2 aromatic carbocycles. The largest absolute Gasteiger partial charge is 0.464 e. The van der Waals surface area contributed by atoms with Crippen LogP contribution in [0.25, 0.3) is 5.65 Å². The number of anilines is 1. The Bertz CT molecular complexity index is 1250. The monoisotopic (exact) mass is 427 g/mol. The molecule has 6 nitrogen and oxygen atoms in total. The van der Waals surface area contributed by atoms with Gasteiger partial charge in [-0.2, -0.15) is 0 Å². The predicted molar refractivity (Wildman–Crippen MR) is 124 cm³/mol. The Kier molecular flexibility index (Phi) is 5.50. The summed E-state index contributed by atoms with van der Waals surface area (Å²) in [6.07, 6.45) is 6.72. The minimum absolute atomic E-state index is 0.355. The van der Waals surface area contributed by atoms with Gasteiger partial charge in [0.05, 0.1) is 12.8 Å². The fourth-order valence-corrected chi connectivity index (χ4v) is 4.47. The highest BCUT2D eigenvalue weighted by molar-refractivity contribution is 5.94. The first-order valence-electron chi connectivity index (χ1n) is 10.9. The van der Waals surface area contributed by atoms with Gasteiger partial charge in [-0.15, -0.1) is 0 Å². The highest BCUT2D eigenvalue weighted by atomic mass is 16.5. The lowest BCUT2D eigenvalue weighted by molar-refractivity contribution is 0.0593. The summed E-state index contributed by atoms with van der Waals surface area (Å²) in [5.41, 5.74) is 4.59. The number of nitrogens with one attached hydrogen (secondary N) is 1. The fourth-order valence-electron chi connectivity index (χ4n) is 4.47. The Balaban J connectivity index is 1.36. The smallest absolute Gasteiger partial charge is 0.357 e. The van der Waals surface area contributed by atoms with Crippen LogP contribution in [-0.2, 0) is 11.2 Å². The maximum absolute atomic E-state index is 12.5. The Morgan fingerprint density at radius 2 is 2.00 bits per heavy atom. The van der Waals surface area contributed by atoms with E-state index >= 15 is 0 Å². The van der Waals surface area contributed by atoms with Gasteiger partial charge in [0, 0.05) is 24.9 Å². The van der Waals surface area contributed by atoms with E-state index in [9.17, 15) is 4.79 Å². The molecule has 0 fully saturated rings. The highest BCUT2D eigenvalue weighted by Gasteiger charge is 2.22. The molecule has 1 aliphatic rings. The number of carbonyl (C=O) groups is 1. The van der Waals surface area contributed by atoms with Crippen molar-refractivity contribution in [3.05, 3.63) is 89.9 Å². The third kappa shape index (κ3) is 3.91. The summed E-state index contributed by atoms with van der Waals surface area (Å²) in [5, 5.41) is 3.49. The van der Waals surface area contributed by atoms with E-state index in [1.54, 1.807) is 16.8 Å². The molecule has 4 aromatic rings. The van der Waals surface area contributed by atoms with Gasteiger partial charge in [0.25, 0.3) is 0 Å². The predicted octanol–water partition coefficient (Wildman–Crippen LogP) is 5.45. The number of esters is 1. The number of hydrogen-bond acceptors (Lipinski definition) is 5. The van der Waals surface area contributed by atoms with Crippen LogP contribution in [0, 0.1) is 0 Å². The fraction of sp³-hybridized carbons (Fsp3) is 0.231. The number of carbonyl (C=O) groups excluding carboxylic acids is 1. The van der Waals surface area contributed by atoms with Gasteiger partial charge in [-0.3, -0.25) is 4.40 Å². The van der Waals surface area contributed by atoms with Crippen LogP contribution in [0.15, 0.2) is 73.1 Å². The van der Waals surface area contributed by atoms with Crippen molar-refractivity contribution < 1.29 is 14.3 Å². The van der Waals surface area contributed by atoms with Crippen LogP contribution in [0.4, 0.5) is 5.69 Å². The zero-order chi connectivity index (χ0) is 21.9. The second-order valence-electron chi connectivity index (χ2n) is 7.99. The van der Waals surface area contributed by atoms with Crippen molar-refractivity contribution >= 4 is 17.3 Å². The summed E-state index contributed by atoms with van der Waals surface area (Å²) in [6.45, 7) is 0.732. The second-order valence-corrected chi connectivity index (χ2v) is 7.99. The van der Waals surface area contributed by atoms with Gasteiger partial charge >= 0.3 is 5.97 Å². The third-order valence-corrected chi connectivity index (χ3v) is 6.01. The molecule has 162 valence electrons. The van der Waals surface area contributed by atoms with E-state index in [2.05, 4.69) is 22.4 Å². The molecule has 2 heterocycles. The van der Waals surface area contributed by atoms with Crippen molar-refractivity contribution in [1.29, 1.82) is 0 Å². The summed E-state index contributed by atoms with van der Waals surface area (Å²) in [5.74, 6) is 1.67. The van der Waals surface area contributed by atoms with E-state index in [0.29, 0.717) is 17.3 Å². The summed E-state index contributed by atoms with van der Waals surface area (Å²) in [7, 11) is 1.40. The SMILES string of the molecule is COC(=O)c1c(NCC2CCCc3cc(Oc4ccccc4)ccc32)ccc2nccn12. The molecule has 1 atom stereocenters. The Morgan fingerprint density at radius 3 is 2.84 bits per heavy atom. The molecule has 0 saturated carbocycles. The molecule has 32 heavy (non-hydrogen) atoms. The Hall–Kier alpha value is -3.80. The number of para-hydroxylation sites is 1. The van der Waals surface area contributed by atoms with Crippen molar-refractivity contribution in [2.75, 3.05) is 19.0 Å². The van der Waals surface area contributed by atoms with Gasteiger partial charge in [0.2, 0.25) is 0 Å². The van der Waals surface area contributed by atoms with Crippen LogP contribution in [0.3, 0.4) is 0 Å². The van der Waals surface area contributed by atoms with Crippen molar-refractivity contribution in [2.24, 2.45) is 0 Å². The van der Waals surface area contributed by atoms with Crippen molar-refractivity contribution in [2.45, 2.75) is 25.2 Å². The molecule has 1 unspecified atom stereocenters. The number of hydrogen-bond donors (Lipinski definition) is 1. The lowest BCUT2D eigenvalue weighted by Crippen LogP contribution is -2.20. The minimum atomic E-state index is -0.386. The van der Waals surface area contributed by atoms with Gasteiger partial charge in [-0.1, -0.05) is 24.3 Å². The highest BCUT2D eigenvalue weighted by Crippen LogP contribution is 2.35. The van der Waals surface area contributed by atoms with Gasteiger partial charge in [-0.25, -0.2) is 9.78 Å². The molecule has 0 aliphatic heterocycles. The number of nitrogens with zero attached hydrogens (tertiary/aromatic N) is 2. The van der Waals surface area contributed by atoms with Crippen LogP contribution in [0.2, 0.25) is 0 Å². The molecule has 5 rings (SSSR count). The third-order valence-electron chi connectivity index (χ3n) is 6.01. The van der Waals surface area contributed by atoms with E-state index in [4.69, 9.17) is 9.47 Å². The Morgan fingerprint density at radius 1 is 1.12 bits per heavy atom. The van der Waals surface area contributed by atoms with Crippen molar-refractivity contribution in [1.82, 2.24) is 9.38 Å². The topological polar surface area (TPSA) is 64.9 Å². The lowest BCUT2D eigenvalue weighted by atomic mass is 9.82. The summed E-state index contributed by atoms with van der Waals surface area (Å²) in [4.78, 5) is 16.7. The molecule has 6 heteroatoms. The first kappa shape index (κ1) is 20.1. The van der Waals surface area contributed by atoms with Crippen LogP contribution in [0.5, 0.6) is 11.5 Å². The quantitative estimate of drug-likeness (QED) is 0.415. The van der Waals surface area contributed by atoms with Gasteiger partial charge < -0.3 is 14.8 Å². The van der Waals surface area contributed by atoms with Gasteiger partial charge in [0.1, 0.15) is 17.1 Å². The van der Waals surface area contributed by atoms with Crippen molar-refractivity contribution in [3.63, 3.8) is 0 Å². The molecule has 2 aromatic heterocycles. The molecular formula is C26H25N3O3. The van der Waals surface area contributed by atoms with Crippen LogP contribution in [0.1, 0.15) is 40.4 Å². The molecule has 1 N–H and O–H groups in total. The number of rotatable bonds is 6.